The van der Waals surface area contributed by atoms with E-state index in [4.69, 9.17) is 9.47 Å². The second-order valence-electron chi connectivity index (χ2n) is 3.33. The van der Waals surface area contributed by atoms with Crippen LogP contribution in [0.25, 0.3) is 0 Å². The molecule has 1 aromatic rings. The highest BCUT2D eigenvalue weighted by Crippen LogP contribution is 2.22. The molecule has 1 aromatic carbocycles. The predicted octanol–water partition coefficient (Wildman–Crippen LogP) is 2.14. The molecule has 0 spiro atoms. The molecule has 0 amide bonds. The van der Waals surface area contributed by atoms with Crippen molar-refractivity contribution in [3.8, 4) is 5.75 Å². The summed E-state index contributed by atoms with van der Waals surface area (Å²) in [5, 5.41) is 9.40. The van der Waals surface area contributed by atoms with Crippen molar-refractivity contribution < 1.29 is 14.6 Å². The zero-order chi connectivity index (χ0) is 11.3. The third-order valence-corrected chi connectivity index (χ3v) is 2.42. The van der Waals surface area contributed by atoms with E-state index in [2.05, 4.69) is 15.9 Å². The van der Waals surface area contributed by atoms with E-state index < -0.39 is 6.10 Å². The van der Waals surface area contributed by atoms with Crippen LogP contribution in [0.5, 0.6) is 5.75 Å². The lowest BCUT2D eigenvalue weighted by molar-refractivity contribution is 0.0324. The Labute approximate surface area is 98.1 Å². The highest BCUT2D eigenvalue weighted by atomic mass is 79.9. The first-order valence-electron chi connectivity index (χ1n) is 4.69. The van der Waals surface area contributed by atoms with Crippen molar-refractivity contribution in [1.29, 1.82) is 0 Å². The lowest BCUT2D eigenvalue weighted by Gasteiger charge is -2.13. The zero-order valence-corrected chi connectivity index (χ0v) is 10.5. The molecule has 1 N–H and O–H groups in total. The first-order valence-corrected chi connectivity index (χ1v) is 5.48. The van der Waals surface area contributed by atoms with Crippen molar-refractivity contribution in [2.75, 3.05) is 20.3 Å². The lowest BCUT2D eigenvalue weighted by Crippen LogP contribution is -2.22. The van der Waals surface area contributed by atoms with Gasteiger partial charge in [0.05, 0.1) is 6.61 Å². The Balaban J connectivity index is 2.50. The molecule has 0 bridgehead atoms. The summed E-state index contributed by atoms with van der Waals surface area (Å²) in [6, 6.07) is 5.75. The minimum absolute atomic E-state index is 0.246. The number of benzene rings is 1. The summed E-state index contributed by atoms with van der Waals surface area (Å²) in [4.78, 5) is 0. The third-order valence-electron chi connectivity index (χ3n) is 1.93. The van der Waals surface area contributed by atoms with Crippen LogP contribution in [-0.2, 0) is 4.74 Å². The maximum Gasteiger partial charge on any atom is 0.122 e. The second-order valence-corrected chi connectivity index (χ2v) is 4.25. The van der Waals surface area contributed by atoms with Gasteiger partial charge in [0.2, 0.25) is 0 Å². The Hall–Kier alpha value is -0.580. The van der Waals surface area contributed by atoms with Gasteiger partial charge < -0.3 is 14.6 Å². The molecule has 0 radical (unpaired) electrons. The van der Waals surface area contributed by atoms with Crippen LogP contribution >= 0.6 is 15.9 Å². The fourth-order valence-corrected chi connectivity index (χ4v) is 1.68. The molecular weight excluding hydrogens is 260 g/mol. The number of methoxy groups -OCH3 is 1. The molecule has 0 unspecified atom stereocenters. The van der Waals surface area contributed by atoms with E-state index in [-0.39, 0.29) is 13.2 Å². The van der Waals surface area contributed by atoms with Gasteiger partial charge >= 0.3 is 0 Å². The molecule has 0 fully saturated rings. The molecule has 0 aliphatic heterocycles. The Kier molecular flexibility index (Phi) is 5.08. The van der Waals surface area contributed by atoms with Crippen LogP contribution in [0.2, 0.25) is 0 Å². The van der Waals surface area contributed by atoms with E-state index in [1.54, 1.807) is 7.11 Å². The summed E-state index contributed by atoms with van der Waals surface area (Å²) >= 11 is 3.38. The topological polar surface area (TPSA) is 38.7 Å². The first kappa shape index (κ1) is 12.5. The predicted molar refractivity (Wildman–Crippen MR) is 62.3 cm³/mol. The molecule has 0 saturated carbocycles. The molecule has 0 saturated heterocycles. The molecule has 1 rings (SSSR count). The third kappa shape index (κ3) is 4.20. The molecule has 0 aliphatic rings. The summed E-state index contributed by atoms with van der Waals surface area (Å²) in [5.41, 5.74) is 1.04. The molecule has 0 aromatic heterocycles. The van der Waals surface area contributed by atoms with Crippen molar-refractivity contribution in [2.24, 2.45) is 0 Å². The second kappa shape index (κ2) is 6.10. The van der Waals surface area contributed by atoms with Gasteiger partial charge in [0, 0.05) is 11.6 Å². The van der Waals surface area contributed by atoms with Gasteiger partial charge in [-0.15, -0.1) is 0 Å². The highest BCUT2D eigenvalue weighted by Gasteiger charge is 2.06. The standard InChI is InChI=1S/C11H15BrO3/c1-8-5-9(12)3-4-11(8)15-7-10(13)6-14-2/h3-5,10,13H,6-7H2,1-2H3/t10-/m0/s1. The largest absolute Gasteiger partial charge is 0.491 e. The van der Waals surface area contributed by atoms with Crippen LogP contribution in [0.15, 0.2) is 22.7 Å². The van der Waals surface area contributed by atoms with Gasteiger partial charge in [0.1, 0.15) is 18.5 Å². The Morgan fingerprint density at radius 1 is 1.40 bits per heavy atom. The van der Waals surface area contributed by atoms with E-state index in [0.717, 1.165) is 15.8 Å². The summed E-state index contributed by atoms with van der Waals surface area (Å²) in [6.07, 6.45) is -0.585. The van der Waals surface area contributed by atoms with E-state index in [0.29, 0.717) is 0 Å². The van der Waals surface area contributed by atoms with Gasteiger partial charge in [0.15, 0.2) is 0 Å². The summed E-state index contributed by atoms with van der Waals surface area (Å²) < 4.78 is 11.3. The Morgan fingerprint density at radius 2 is 2.13 bits per heavy atom. The Morgan fingerprint density at radius 3 is 2.73 bits per heavy atom. The number of aryl methyl sites for hydroxylation is 1. The van der Waals surface area contributed by atoms with Gasteiger partial charge in [-0.1, -0.05) is 15.9 Å². The summed E-state index contributed by atoms with van der Waals surface area (Å²) in [5.74, 6) is 0.786. The first-order chi connectivity index (χ1) is 7.13. The summed E-state index contributed by atoms with van der Waals surface area (Å²) in [6.45, 7) is 2.49. The molecule has 0 heterocycles. The number of aliphatic hydroxyl groups excluding tert-OH is 1. The maximum atomic E-state index is 9.40. The molecule has 84 valence electrons. The minimum atomic E-state index is -0.585. The lowest BCUT2D eigenvalue weighted by atomic mass is 10.2. The van der Waals surface area contributed by atoms with E-state index in [1.165, 1.54) is 0 Å². The molecule has 4 heteroatoms. The van der Waals surface area contributed by atoms with Crippen LogP contribution in [0.4, 0.5) is 0 Å². The van der Waals surface area contributed by atoms with E-state index >= 15 is 0 Å². The monoisotopic (exact) mass is 274 g/mol. The summed E-state index contributed by atoms with van der Waals surface area (Å²) in [7, 11) is 1.55. The van der Waals surface area contributed by atoms with Gasteiger partial charge in [-0.2, -0.15) is 0 Å². The van der Waals surface area contributed by atoms with Crippen LogP contribution < -0.4 is 4.74 Å². The number of ether oxygens (including phenoxy) is 2. The van der Waals surface area contributed by atoms with E-state index in [9.17, 15) is 5.11 Å². The number of hydrogen-bond donors (Lipinski definition) is 1. The van der Waals surface area contributed by atoms with Crippen LogP contribution in [0.3, 0.4) is 0 Å². The molecule has 1 atom stereocenters. The zero-order valence-electron chi connectivity index (χ0n) is 8.87. The number of hydrogen-bond acceptors (Lipinski definition) is 3. The maximum absolute atomic E-state index is 9.40. The molecular formula is C11H15BrO3. The van der Waals surface area contributed by atoms with Crippen molar-refractivity contribution in [2.45, 2.75) is 13.0 Å². The van der Waals surface area contributed by atoms with Gasteiger partial charge in [-0.3, -0.25) is 0 Å². The van der Waals surface area contributed by atoms with Crippen molar-refractivity contribution >= 4 is 15.9 Å². The van der Waals surface area contributed by atoms with Crippen molar-refractivity contribution in [1.82, 2.24) is 0 Å². The van der Waals surface area contributed by atoms with Gasteiger partial charge in [-0.25, -0.2) is 0 Å². The van der Waals surface area contributed by atoms with Crippen LogP contribution in [0.1, 0.15) is 5.56 Å². The fourth-order valence-electron chi connectivity index (χ4n) is 1.20. The average Bonchev–Trinajstić information content (AvgIpc) is 2.17. The fraction of sp³-hybridized carbons (Fsp3) is 0.455. The smallest absolute Gasteiger partial charge is 0.122 e. The van der Waals surface area contributed by atoms with Gasteiger partial charge in [0.25, 0.3) is 0 Å². The van der Waals surface area contributed by atoms with Crippen molar-refractivity contribution in [3.05, 3.63) is 28.2 Å². The van der Waals surface area contributed by atoms with Crippen LogP contribution in [-0.4, -0.2) is 31.5 Å². The highest BCUT2D eigenvalue weighted by molar-refractivity contribution is 9.10. The van der Waals surface area contributed by atoms with E-state index in [1.807, 2.05) is 25.1 Å². The molecule has 15 heavy (non-hydrogen) atoms. The average molecular weight is 275 g/mol. The van der Waals surface area contributed by atoms with Gasteiger partial charge in [-0.05, 0) is 30.7 Å². The normalized spacial score (nSPS) is 12.5. The number of halogens is 1. The van der Waals surface area contributed by atoms with Crippen LogP contribution in [0, 0.1) is 6.92 Å². The Bertz CT molecular complexity index is 315. The number of rotatable bonds is 5. The molecule has 3 nitrogen and oxygen atoms in total. The quantitative estimate of drug-likeness (QED) is 0.894. The molecule has 0 aliphatic carbocycles. The van der Waals surface area contributed by atoms with Crippen molar-refractivity contribution in [3.63, 3.8) is 0 Å². The minimum Gasteiger partial charge on any atom is -0.491 e. The SMILES string of the molecule is COC[C@H](O)COc1ccc(Br)cc1C. The number of aliphatic hydroxyl groups is 1.